The second-order valence-corrected chi connectivity index (χ2v) is 3.71. The van der Waals surface area contributed by atoms with Crippen LogP contribution < -0.4 is 10.2 Å². The number of rotatable bonds is 2. The van der Waals surface area contributed by atoms with Gasteiger partial charge in [-0.3, -0.25) is 14.9 Å². The van der Waals surface area contributed by atoms with Crippen LogP contribution in [0.15, 0.2) is 18.2 Å². The smallest absolute Gasteiger partial charge is 0.328 e. The average Bonchev–Trinajstić information content (AvgIpc) is 2.59. The molecule has 1 aliphatic heterocycles. The summed E-state index contributed by atoms with van der Waals surface area (Å²) < 4.78 is 0. The molecule has 2 rings (SSSR count). The van der Waals surface area contributed by atoms with Gasteiger partial charge in [0.25, 0.3) is 11.6 Å². The summed E-state index contributed by atoms with van der Waals surface area (Å²) in [6.45, 7) is -0.168. The van der Waals surface area contributed by atoms with Crippen molar-refractivity contribution in [3.63, 3.8) is 0 Å². The van der Waals surface area contributed by atoms with Crippen LogP contribution >= 0.6 is 11.6 Å². The second-order valence-electron chi connectivity index (χ2n) is 3.28. The molecular weight excluding hydrogens is 250 g/mol. The van der Waals surface area contributed by atoms with Crippen LogP contribution in [-0.2, 0) is 4.79 Å². The SMILES string of the molecule is O=C1CNC(=O)N1c1ccc(Cl)cc1[N+](=O)[O-]. The van der Waals surface area contributed by atoms with Crippen LogP contribution in [0.3, 0.4) is 0 Å². The van der Waals surface area contributed by atoms with Crippen molar-refractivity contribution in [2.45, 2.75) is 0 Å². The number of carbonyl (C=O) groups excluding carboxylic acids is 2. The minimum absolute atomic E-state index is 0.0839. The maximum Gasteiger partial charge on any atom is 0.329 e. The normalized spacial score (nSPS) is 15.0. The summed E-state index contributed by atoms with van der Waals surface area (Å²) in [7, 11) is 0. The first-order chi connectivity index (χ1) is 8.00. The number of anilines is 1. The lowest BCUT2D eigenvalue weighted by atomic mass is 10.2. The van der Waals surface area contributed by atoms with Crippen molar-refractivity contribution in [3.8, 4) is 0 Å². The molecule has 8 heteroatoms. The molecule has 0 unspecified atom stereocenters. The molecule has 0 atom stereocenters. The molecule has 0 aromatic heterocycles. The lowest BCUT2D eigenvalue weighted by Crippen LogP contribution is -2.31. The Morgan fingerprint density at radius 1 is 1.41 bits per heavy atom. The van der Waals surface area contributed by atoms with E-state index in [0.29, 0.717) is 0 Å². The largest absolute Gasteiger partial charge is 0.329 e. The molecule has 0 radical (unpaired) electrons. The molecule has 1 N–H and O–H groups in total. The van der Waals surface area contributed by atoms with E-state index >= 15 is 0 Å². The Labute approximate surface area is 100 Å². The van der Waals surface area contributed by atoms with E-state index in [1.807, 2.05) is 0 Å². The molecule has 1 aliphatic rings. The Morgan fingerprint density at radius 2 is 2.12 bits per heavy atom. The number of amides is 3. The number of halogens is 1. The highest BCUT2D eigenvalue weighted by molar-refractivity contribution is 6.31. The van der Waals surface area contributed by atoms with E-state index in [1.165, 1.54) is 12.1 Å². The van der Waals surface area contributed by atoms with Gasteiger partial charge in [0.2, 0.25) is 0 Å². The third-order valence-corrected chi connectivity index (χ3v) is 2.45. The summed E-state index contributed by atoms with van der Waals surface area (Å²) in [5, 5.41) is 13.3. The molecule has 1 heterocycles. The maximum absolute atomic E-state index is 11.4. The zero-order chi connectivity index (χ0) is 12.6. The first kappa shape index (κ1) is 11.3. The summed E-state index contributed by atoms with van der Waals surface area (Å²) in [5.74, 6) is -0.541. The number of nitro groups is 1. The molecule has 17 heavy (non-hydrogen) atoms. The molecule has 3 amide bonds. The molecule has 7 nitrogen and oxygen atoms in total. The van der Waals surface area contributed by atoms with Gasteiger partial charge in [0.15, 0.2) is 0 Å². The lowest BCUT2D eigenvalue weighted by molar-refractivity contribution is -0.384. The standard InChI is InChI=1S/C9H6ClN3O4/c10-5-1-2-6(7(3-5)13(16)17)12-8(14)4-11-9(12)15/h1-3H,4H2,(H,11,15). The Bertz CT molecular complexity index is 515. The highest BCUT2D eigenvalue weighted by Crippen LogP contribution is 2.32. The van der Waals surface area contributed by atoms with Gasteiger partial charge in [0, 0.05) is 11.1 Å². The zero-order valence-electron chi connectivity index (χ0n) is 8.34. The summed E-state index contributed by atoms with van der Waals surface area (Å²) in [5.41, 5.74) is -0.470. The topological polar surface area (TPSA) is 92.6 Å². The van der Waals surface area contributed by atoms with E-state index in [9.17, 15) is 19.7 Å². The molecule has 1 saturated heterocycles. The molecular formula is C9H6ClN3O4. The van der Waals surface area contributed by atoms with Gasteiger partial charge in [0.05, 0.1) is 11.5 Å². The van der Waals surface area contributed by atoms with Crippen LogP contribution in [0.4, 0.5) is 16.2 Å². The Kier molecular flexibility index (Phi) is 2.68. The van der Waals surface area contributed by atoms with Crippen molar-refractivity contribution in [1.29, 1.82) is 0 Å². The Morgan fingerprint density at radius 3 is 2.65 bits per heavy atom. The van der Waals surface area contributed by atoms with E-state index in [4.69, 9.17) is 11.6 Å². The highest BCUT2D eigenvalue weighted by atomic mass is 35.5. The molecule has 0 spiro atoms. The van der Waals surface area contributed by atoms with Gasteiger partial charge in [-0.25, -0.2) is 9.69 Å². The number of nitrogens with one attached hydrogen (secondary N) is 1. The number of carbonyl (C=O) groups is 2. The molecule has 1 fully saturated rings. The van der Waals surface area contributed by atoms with Crippen LogP contribution in [0.5, 0.6) is 0 Å². The first-order valence-electron chi connectivity index (χ1n) is 4.55. The fraction of sp³-hybridized carbons (Fsp3) is 0.111. The van der Waals surface area contributed by atoms with Crippen molar-refractivity contribution >= 4 is 34.9 Å². The number of nitro benzene ring substituents is 1. The van der Waals surface area contributed by atoms with E-state index in [1.54, 1.807) is 0 Å². The highest BCUT2D eigenvalue weighted by Gasteiger charge is 2.34. The van der Waals surface area contributed by atoms with Crippen molar-refractivity contribution in [2.24, 2.45) is 0 Å². The first-order valence-corrected chi connectivity index (χ1v) is 4.93. The predicted molar refractivity (Wildman–Crippen MR) is 59.0 cm³/mol. The number of hydrogen-bond acceptors (Lipinski definition) is 4. The minimum atomic E-state index is -0.694. The Hall–Kier alpha value is -2.15. The number of benzene rings is 1. The van der Waals surface area contributed by atoms with Crippen LogP contribution in [-0.4, -0.2) is 23.4 Å². The second kappa shape index (κ2) is 4.02. The summed E-state index contributed by atoms with van der Waals surface area (Å²) >= 11 is 5.63. The van der Waals surface area contributed by atoms with Crippen LogP contribution in [0.2, 0.25) is 5.02 Å². The van der Waals surface area contributed by atoms with Crippen LogP contribution in [0, 0.1) is 10.1 Å². The Balaban J connectivity index is 2.55. The lowest BCUT2D eigenvalue weighted by Gasteiger charge is -2.12. The van der Waals surface area contributed by atoms with Crippen molar-refractivity contribution in [2.75, 3.05) is 11.4 Å². The van der Waals surface area contributed by atoms with Gasteiger partial charge in [-0.2, -0.15) is 0 Å². The van der Waals surface area contributed by atoms with Gasteiger partial charge >= 0.3 is 6.03 Å². The van der Waals surface area contributed by atoms with Crippen molar-refractivity contribution < 1.29 is 14.5 Å². The van der Waals surface area contributed by atoms with Gasteiger partial charge in [-0.15, -0.1) is 0 Å². The number of imide groups is 1. The fourth-order valence-corrected chi connectivity index (χ4v) is 1.66. The molecule has 1 aromatic carbocycles. The number of hydrogen-bond donors (Lipinski definition) is 1. The van der Waals surface area contributed by atoms with Crippen molar-refractivity contribution in [1.82, 2.24) is 5.32 Å². The molecule has 0 bridgehead atoms. The van der Waals surface area contributed by atoms with Gasteiger partial charge in [0.1, 0.15) is 5.69 Å². The predicted octanol–water partition coefficient (Wildman–Crippen LogP) is 1.30. The summed E-state index contributed by atoms with van der Waals surface area (Å²) in [6, 6.07) is 3.06. The maximum atomic E-state index is 11.4. The number of urea groups is 1. The van der Waals surface area contributed by atoms with Crippen LogP contribution in [0.25, 0.3) is 0 Å². The van der Waals surface area contributed by atoms with E-state index < -0.39 is 16.9 Å². The minimum Gasteiger partial charge on any atom is -0.328 e. The third kappa shape index (κ3) is 1.92. The number of nitrogens with zero attached hydrogens (tertiary/aromatic N) is 2. The summed E-state index contributed by atoms with van der Waals surface area (Å²) in [4.78, 5) is 33.7. The van der Waals surface area contributed by atoms with E-state index in [0.717, 1.165) is 11.0 Å². The monoisotopic (exact) mass is 255 g/mol. The van der Waals surface area contributed by atoms with E-state index in [-0.39, 0.29) is 22.9 Å². The molecule has 0 aliphatic carbocycles. The average molecular weight is 256 g/mol. The van der Waals surface area contributed by atoms with Gasteiger partial charge in [-0.05, 0) is 12.1 Å². The zero-order valence-corrected chi connectivity index (χ0v) is 9.10. The molecule has 0 saturated carbocycles. The quantitative estimate of drug-likeness (QED) is 0.490. The fourth-order valence-electron chi connectivity index (χ4n) is 1.50. The van der Waals surface area contributed by atoms with Crippen molar-refractivity contribution in [3.05, 3.63) is 33.3 Å². The summed E-state index contributed by atoms with van der Waals surface area (Å²) in [6.07, 6.45) is 0. The van der Waals surface area contributed by atoms with Crippen LogP contribution in [0.1, 0.15) is 0 Å². The van der Waals surface area contributed by atoms with E-state index in [2.05, 4.69) is 5.32 Å². The third-order valence-electron chi connectivity index (χ3n) is 2.22. The van der Waals surface area contributed by atoms with Gasteiger partial charge in [-0.1, -0.05) is 11.6 Å². The molecule has 88 valence electrons. The molecule has 1 aromatic rings. The van der Waals surface area contributed by atoms with Gasteiger partial charge < -0.3 is 5.32 Å².